The van der Waals surface area contributed by atoms with Gasteiger partial charge in [-0.25, -0.2) is 0 Å². The zero-order chi connectivity index (χ0) is 23.8. The van der Waals surface area contributed by atoms with Crippen molar-refractivity contribution in [3.63, 3.8) is 0 Å². The van der Waals surface area contributed by atoms with Crippen LogP contribution >= 0.6 is 15.9 Å². The molecule has 0 unspecified atom stereocenters. The van der Waals surface area contributed by atoms with E-state index in [9.17, 15) is 13.6 Å². The van der Waals surface area contributed by atoms with Crippen molar-refractivity contribution < 1.29 is 32.5 Å². The van der Waals surface area contributed by atoms with Gasteiger partial charge in [-0.3, -0.25) is 4.79 Å². The number of carbonyl (C=O) groups excluding carboxylic acids is 1. The van der Waals surface area contributed by atoms with Crippen LogP contribution in [0.25, 0.3) is 6.08 Å². The minimum atomic E-state index is -2.99. The summed E-state index contributed by atoms with van der Waals surface area (Å²) in [5.74, 6) is 0.941. The first-order valence-electron chi connectivity index (χ1n) is 9.80. The highest BCUT2D eigenvalue weighted by molar-refractivity contribution is 9.10. The molecule has 0 aliphatic rings. The van der Waals surface area contributed by atoms with Crippen LogP contribution in [0.1, 0.15) is 21.5 Å². The molecular formula is C25H21BrF2O5. The van der Waals surface area contributed by atoms with E-state index in [-0.39, 0.29) is 29.5 Å². The Morgan fingerprint density at radius 3 is 2.36 bits per heavy atom. The Morgan fingerprint density at radius 1 is 0.939 bits per heavy atom. The molecule has 0 spiro atoms. The van der Waals surface area contributed by atoms with Gasteiger partial charge in [0.2, 0.25) is 0 Å². The van der Waals surface area contributed by atoms with E-state index < -0.39 is 6.61 Å². The molecule has 0 N–H and O–H groups in total. The van der Waals surface area contributed by atoms with Gasteiger partial charge in [-0.15, -0.1) is 0 Å². The summed E-state index contributed by atoms with van der Waals surface area (Å²) in [7, 11) is 2.89. The number of benzene rings is 3. The third-order valence-corrected chi connectivity index (χ3v) is 5.27. The van der Waals surface area contributed by atoms with Crippen molar-refractivity contribution in [3.8, 4) is 23.0 Å². The Bertz CT molecular complexity index is 1150. The average Bonchev–Trinajstić information content (AvgIpc) is 2.82. The molecule has 8 heteroatoms. The summed E-state index contributed by atoms with van der Waals surface area (Å²) in [4.78, 5) is 12.6. The first-order chi connectivity index (χ1) is 15.9. The molecule has 0 aromatic heterocycles. The van der Waals surface area contributed by atoms with E-state index in [1.54, 1.807) is 19.3 Å². The molecule has 33 heavy (non-hydrogen) atoms. The fourth-order valence-electron chi connectivity index (χ4n) is 3.01. The minimum Gasteiger partial charge on any atom is -0.496 e. The van der Waals surface area contributed by atoms with Gasteiger partial charge in [0.25, 0.3) is 0 Å². The zero-order valence-corrected chi connectivity index (χ0v) is 19.5. The van der Waals surface area contributed by atoms with Crippen molar-refractivity contribution in [2.24, 2.45) is 0 Å². The van der Waals surface area contributed by atoms with Gasteiger partial charge in [0.05, 0.1) is 18.7 Å². The van der Waals surface area contributed by atoms with Crippen LogP contribution in [0, 0.1) is 0 Å². The van der Waals surface area contributed by atoms with Gasteiger partial charge in [-0.05, 0) is 70.0 Å². The number of hydrogen-bond acceptors (Lipinski definition) is 5. The molecule has 172 valence electrons. The van der Waals surface area contributed by atoms with E-state index in [0.29, 0.717) is 11.5 Å². The van der Waals surface area contributed by atoms with Crippen LogP contribution in [0.15, 0.2) is 71.2 Å². The highest BCUT2D eigenvalue weighted by atomic mass is 79.9. The molecule has 0 amide bonds. The number of ether oxygens (including phenoxy) is 4. The Balaban J connectivity index is 1.76. The van der Waals surface area contributed by atoms with Crippen molar-refractivity contribution in [2.75, 3.05) is 14.2 Å². The van der Waals surface area contributed by atoms with Crippen LogP contribution in [0.4, 0.5) is 8.78 Å². The SMILES string of the molecule is COc1ccc(/C=C/C(=O)c2ccc(OC(F)F)c(OC)c2)cc1COc1ccccc1Br. The summed E-state index contributed by atoms with van der Waals surface area (Å²) >= 11 is 3.45. The Morgan fingerprint density at radius 2 is 1.67 bits per heavy atom. The fourth-order valence-corrected chi connectivity index (χ4v) is 3.41. The molecule has 0 atom stereocenters. The standard InChI is InChI=1S/C25H21BrF2O5/c1-30-21-11-8-16(13-18(21)15-32-22-6-4-3-5-19(22)26)7-10-20(29)17-9-12-23(33-25(27)28)24(14-17)31-2/h3-14,25H,15H2,1-2H3/b10-7+. The lowest BCUT2D eigenvalue weighted by Gasteiger charge is -2.12. The number of carbonyl (C=O) groups is 1. The summed E-state index contributed by atoms with van der Waals surface area (Å²) < 4.78 is 46.5. The molecule has 3 rings (SSSR count). The van der Waals surface area contributed by atoms with Gasteiger partial charge in [0, 0.05) is 11.1 Å². The number of hydrogen-bond donors (Lipinski definition) is 0. The lowest BCUT2D eigenvalue weighted by atomic mass is 10.1. The highest BCUT2D eigenvalue weighted by Gasteiger charge is 2.13. The van der Waals surface area contributed by atoms with E-state index in [1.807, 2.05) is 36.4 Å². The zero-order valence-electron chi connectivity index (χ0n) is 17.9. The minimum absolute atomic E-state index is 0.0468. The molecule has 3 aromatic rings. The predicted octanol–water partition coefficient (Wildman–Crippen LogP) is 6.54. The molecular weight excluding hydrogens is 498 g/mol. The van der Waals surface area contributed by atoms with Crippen LogP contribution < -0.4 is 18.9 Å². The number of ketones is 1. The van der Waals surface area contributed by atoms with Crippen LogP contribution in [0.2, 0.25) is 0 Å². The van der Waals surface area contributed by atoms with Gasteiger partial charge >= 0.3 is 6.61 Å². The van der Waals surface area contributed by atoms with E-state index in [4.69, 9.17) is 14.2 Å². The first kappa shape index (κ1) is 24.3. The molecule has 0 aliphatic heterocycles. The maximum Gasteiger partial charge on any atom is 0.387 e. The third-order valence-electron chi connectivity index (χ3n) is 4.62. The maximum atomic E-state index is 12.6. The number of para-hydroxylation sites is 1. The second kappa shape index (κ2) is 11.5. The molecule has 0 fully saturated rings. The van der Waals surface area contributed by atoms with Gasteiger partial charge < -0.3 is 18.9 Å². The Labute approximate surface area is 198 Å². The lowest BCUT2D eigenvalue weighted by Crippen LogP contribution is -2.04. The molecule has 0 bridgehead atoms. The normalized spacial score (nSPS) is 11.0. The summed E-state index contributed by atoms with van der Waals surface area (Å²) in [5.41, 5.74) is 1.84. The molecule has 0 saturated heterocycles. The number of methoxy groups -OCH3 is 2. The third kappa shape index (κ3) is 6.55. The number of allylic oxidation sites excluding steroid dienone is 1. The Hall–Kier alpha value is -3.39. The van der Waals surface area contributed by atoms with E-state index in [0.717, 1.165) is 15.6 Å². The van der Waals surface area contributed by atoms with Crippen LogP contribution in [0.5, 0.6) is 23.0 Å². The van der Waals surface area contributed by atoms with Gasteiger partial charge in [-0.2, -0.15) is 8.78 Å². The second-order valence-corrected chi connectivity index (χ2v) is 7.59. The van der Waals surface area contributed by atoms with Gasteiger partial charge in [-0.1, -0.05) is 24.3 Å². The number of rotatable bonds is 10. The average molecular weight is 519 g/mol. The summed E-state index contributed by atoms with van der Waals surface area (Å²) in [6, 6.07) is 17.0. The lowest BCUT2D eigenvalue weighted by molar-refractivity contribution is -0.0512. The number of halogens is 3. The topological polar surface area (TPSA) is 54.0 Å². The van der Waals surface area contributed by atoms with Crippen LogP contribution in [-0.4, -0.2) is 26.6 Å². The highest BCUT2D eigenvalue weighted by Crippen LogP contribution is 2.30. The van der Waals surface area contributed by atoms with Crippen molar-refractivity contribution >= 4 is 27.8 Å². The largest absolute Gasteiger partial charge is 0.496 e. The summed E-state index contributed by atoms with van der Waals surface area (Å²) in [6.45, 7) is -2.72. The summed E-state index contributed by atoms with van der Waals surface area (Å²) in [5, 5.41) is 0. The van der Waals surface area contributed by atoms with Crippen molar-refractivity contribution in [1.29, 1.82) is 0 Å². The monoisotopic (exact) mass is 518 g/mol. The number of alkyl halides is 2. The van der Waals surface area contributed by atoms with Crippen molar-refractivity contribution in [1.82, 2.24) is 0 Å². The van der Waals surface area contributed by atoms with Gasteiger partial charge in [0.1, 0.15) is 18.1 Å². The van der Waals surface area contributed by atoms with E-state index in [1.165, 1.54) is 31.4 Å². The second-order valence-electron chi connectivity index (χ2n) is 6.73. The molecule has 0 aliphatic carbocycles. The first-order valence-corrected chi connectivity index (χ1v) is 10.6. The smallest absolute Gasteiger partial charge is 0.387 e. The molecule has 5 nitrogen and oxygen atoms in total. The van der Waals surface area contributed by atoms with Gasteiger partial charge in [0.15, 0.2) is 17.3 Å². The fraction of sp³-hybridized carbons (Fsp3) is 0.160. The quantitative estimate of drug-likeness (QED) is 0.225. The van der Waals surface area contributed by atoms with E-state index >= 15 is 0 Å². The predicted molar refractivity (Wildman–Crippen MR) is 124 cm³/mol. The van der Waals surface area contributed by atoms with Crippen LogP contribution in [0.3, 0.4) is 0 Å². The maximum absolute atomic E-state index is 12.6. The van der Waals surface area contributed by atoms with Crippen molar-refractivity contribution in [3.05, 3.63) is 87.9 Å². The van der Waals surface area contributed by atoms with Crippen LogP contribution in [-0.2, 0) is 6.61 Å². The Kier molecular flexibility index (Phi) is 8.43. The molecule has 3 aromatic carbocycles. The summed E-state index contributed by atoms with van der Waals surface area (Å²) in [6.07, 6.45) is 3.04. The molecule has 0 heterocycles. The molecule has 0 saturated carbocycles. The van der Waals surface area contributed by atoms with Crippen molar-refractivity contribution in [2.45, 2.75) is 13.2 Å². The van der Waals surface area contributed by atoms with E-state index in [2.05, 4.69) is 20.7 Å². The molecule has 0 radical (unpaired) electrons.